The fourth-order valence-corrected chi connectivity index (χ4v) is 2.11. The van der Waals surface area contributed by atoms with Crippen LogP contribution in [0.25, 0.3) is 10.9 Å². The zero-order valence-electron chi connectivity index (χ0n) is 10.6. The predicted molar refractivity (Wildman–Crippen MR) is 67.3 cm³/mol. The lowest BCUT2D eigenvalue weighted by atomic mass is 10.1. The number of aryl methyl sites for hydroxylation is 1. The fraction of sp³-hybridized carbons (Fsp3) is 0.231. The Bertz CT molecular complexity index is 732. The molecule has 0 fully saturated rings. The van der Waals surface area contributed by atoms with Gasteiger partial charge in [0.2, 0.25) is 0 Å². The molecule has 0 radical (unpaired) electrons. The van der Waals surface area contributed by atoms with Gasteiger partial charge in [-0.15, -0.1) is 0 Å². The second-order valence-electron chi connectivity index (χ2n) is 4.26. The molecule has 5 nitrogen and oxygen atoms in total. The van der Waals surface area contributed by atoms with Crippen molar-refractivity contribution in [3.8, 4) is 6.07 Å². The van der Waals surface area contributed by atoms with Gasteiger partial charge < -0.3 is 15.0 Å². The van der Waals surface area contributed by atoms with Gasteiger partial charge in [0.25, 0.3) is 0 Å². The highest BCUT2D eigenvalue weighted by Gasteiger charge is 2.16. The van der Waals surface area contributed by atoms with Gasteiger partial charge in [-0.1, -0.05) is 0 Å². The minimum absolute atomic E-state index is 0.0613. The van der Waals surface area contributed by atoms with E-state index in [4.69, 9.17) is 10.4 Å². The van der Waals surface area contributed by atoms with Crippen molar-refractivity contribution < 1.29 is 18.7 Å². The number of aromatic nitrogens is 1. The number of hydrogen-bond donors (Lipinski definition) is 2. The molecule has 20 heavy (non-hydrogen) atoms. The largest absolute Gasteiger partial charge is 0.465 e. The molecule has 0 unspecified atom stereocenters. The Kier molecular flexibility index (Phi) is 3.57. The highest BCUT2D eigenvalue weighted by molar-refractivity contribution is 5.85. The Morgan fingerprint density at radius 2 is 2.20 bits per heavy atom. The van der Waals surface area contributed by atoms with E-state index in [1.54, 1.807) is 0 Å². The van der Waals surface area contributed by atoms with Gasteiger partial charge in [0.05, 0.1) is 5.52 Å². The van der Waals surface area contributed by atoms with Gasteiger partial charge in [0.15, 0.2) is 11.6 Å². The molecule has 1 amide bonds. The Hall–Kier alpha value is -2.62. The number of benzene rings is 1. The second-order valence-corrected chi connectivity index (χ2v) is 4.26. The van der Waals surface area contributed by atoms with E-state index in [0.717, 1.165) is 6.07 Å². The third-order valence-corrected chi connectivity index (χ3v) is 3.07. The van der Waals surface area contributed by atoms with Crippen molar-refractivity contribution in [3.63, 3.8) is 0 Å². The number of hydrogen-bond acceptors (Lipinski definition) is 2. The number of fused-ring (bicyclic) bond motifs is 1. The lowest BCUT2D eigenvalue weighted by Gasteiger charge is -2.08. The molecule has 0 aliphatic carbocycles. The average molecular weight is 279 g/mol. The fourth-order valence-electron chi connectivity index (χ4n) is 2.11. The van der Waals surface area contributed by atoms with Crippen LogP contribution in [0.15, 0.2) is 12.1 Å². The molecule has 104 valence electrons. The molecule has 2 rings (SSSR count). The molecule has 0 spiro atoms. The van der Waals surface area contributed by atoms with Crippen LogP contribution in [-0.4, -0.2) is 22.3 Å². The lowest BCUT2D eigenvalue weighted by molar-refractivity contribution is 0.194. The van der Waals surface area contributed by atoms with Crippen LogP contribution < -0.4 is 5.32 Å². The maximum absolute atomic E-state index is 13.5. The number of nitrogens with one attached hydrogen (secondary N) is 1. The molecule has 1 heterocycles. The Labute approximate surface area is 113 Å². The van der Waals surface area contributed by atoms with Crippen LogP contribution in [0, 0.1) is 29.9 Å². The molecule has 0 bridgehead atoms. The van der Waals surface area contributed by atoms with Crippen LogP contribution in [0.1, 0.15) is 11.3 Å². The second kappa shape index (κ2) is 5.17. The first-order valence-electron chi connectivity index (χ1n) is 5.80. The van der Waals surface area contributed by atoms with Crippen molar-refractivity contribution in [1.82, 2.24) is 9.88 Å². The van der Waals surface area contributed by atoms with Crippen LogP contribution in [-0.2, 0) is 6.54 Å². The van der Waals surface area contributed by atoms with Crippen molar-refractivity contribution >= 4 is 17.0 Å². The van der Waals surface area contributed by atoms with Crippen molar-refractivity contribution in [2.24, 2.45) is 0 Å². The van der Waals surface area contributed by atoms with Gasteiger partial charge in [-0.25, -0.2) is 13.6 Å². The minimum Gasteiger partial charge on any atom is -0.465 e. The summed E-state index contributed by atoms with van der Waals surface area (Å²) in [7, 11) is 0. The zero-order chi connectivity index (χ0) is 14.9. The molecule has 1 aromatic carbocycles. The summed E-state index contributed by atoms with van der Waals surface area (Å²) in [6, 6.07) is 4.41. The predicted octanol–water partition coefficient (Wildman–Crippen LogP) is 2.37. The number of nitriles is 1. The third-order valence-electron chi connectivity index (χ3n) is 3.07. The standard InChI is InChI=1S/C13H11F2N3O2/c1-7-9-4-8(6-16)18(3-2-17-13(19)20)11(9)5-10(14)12(7)15/h4-5,17H,2-3H2,1H3,(H,19,20). The van der Waals surface area contributed by atoms with E-state index in [1.807, 2.05) is 6.07 Å². The monoisotopic (exact) mass is 279 g/mol. The summed E-state index contributed by atoms with van der Waals surface area (Å²) in [5.74, 6) is -1.94. The van der Waals surface area contributed by atoms with E-state index in [1.165, 1.54) is 17.6 Å². The molecule has 1 aromatic heterocycles. The average Bonchev–Trinajstić information content (AvgIpc) is 2.74. The van der Waals surface area contributed by atoms with Crippen molar-refractivity contribution in [1.29, 1.82) is 5.26 Å². The smallest absolute Gasteiger partial charge is 0.404 e. The molecular weight excluding hydrogens is 268 g/mol. The first kappa shape index (κ1) is 13.8. The Balaban J connectivity index is 2.52. The van der Waals surface area contributed by atoms with Crippen LogP contribution >= 0.6 is 0 Å². The highest BCUT2D eigenvalue weighted by atomic mass is 19.2. The quantitative estimate of drug-likeness (QED) is 0.905. The van der Waals surface area contributed by atoms with Crippen LogP contribution in [0.5, 0.6) is 0 Å². The van der Waals surface area contributed by atoms with E-state index in [-0.39, 0.29) is 24.3 Å². The van der Waals surface area contributed by atoms with Crippen molar-refractivity contribution in [2.75, 3.05) is 6.54 Å². The molecule has 0 aliphatic heterocycles. The van der Waals surface area contributed by atoms with Gasteiger partial charge >= 0.3 is 6.09 Å². The topological polar surface area (TPSA) is 78.0 Å². The van der Waals surface area contributed by atoms with Gasteiger partial charge in [-0.2, -0.15) is 5.26 Å². The van der Waals surface area contributed by atoms with Crippen molar-refractivity contribution in [2.45, 2.75) is 13.5 Å². The minimum atomic E-state index is -1.19. The van der Waals surface area contributed by atoms with E-state index < -0.39 is 17.7 Å². The number of carboxylic acid groups (broad SMARTS) is 1. The van der Waals surface area contributed by atoms with Gasteiger partial charge in [-0.05, 0) is 18.6 Å². The molecule has 2 aromatic rings. The first-order valence-corrected chi connectivity index (χ1v) is 5.80. The number of nitrogens with zero attached hydrogens (tertiary/aromatic N) is 2. The summed E-state index contributed by atoms with van der Waals surface area (Å²) >= 11 is 0. The summed E-state index contributed by atoms with van der Waals surface area (Å²) in [6.07, 6.45) is -1.19. The van der Waals surface area contributed by atoms with Crippen LogP contribution in [0.4, 0.5) is 13.6 Å². The SMILES string of the molecule is Cc1c(F)c(F)cc2c1cc(C#N)n2CCNC(=O)O. The molecule has 0 saturated carbocycles. The molecule has 2 N–H and O–H groups in total. The van der Waals surface area contributed by atoms with E-state index in [9.17, 15) is 13.6 Å². The number of halogens is 2. The Morgan fingerprint density at radius 1 is 1.50 bits per heavy atom. The molecule has 0 atom stereocenters. The molecule has 7 heteroatoms. The number of carbonyl (C=O) groups is 1. The first-order chi connectivity index (χ1) is 9.45. The van der Waals surface area contributed by atoms with Crippen molar-refractivity contribution in [3.05, 3.63) is 35.0 Å². The van der Waals surface area contributed by atoms with E-state index >= 15 is 0 Å². The number of rotatable bonds is 3. The summed E-state index contributed by atoms with van der Waals surface area (Å²) in [5, 5.41) is 20.2. The number of amides is 1. The summed E-state index contributed by atoms with van der Waals surface area (Å²) in [5.41, 5.74) is 0.715. The summed E-state index contributed by atoms with van der Waals surface area (Å²) < 4.78 is 28.4. The maximum Gasteiger partial charge on any atom is 0.404 e. The third kappa shape index (κ3) is 2.28. The van der Waals surface area contributed by atoms with Gasteiger partial charge in [0.1, 0.15) is 11.8 Å². The highest BCUT2D eigenvalue weighted by Crippen LogP contribution is 2.26. The Morgan fingerprint density at radius 3 is 2.80 bits per heavy atom. The zero-order valence-corrected chi connectivity index (χ0v) is 10.6. The normalized spacial score (nSPS) is 10.5. The molecule has 0 aliphatic rings. The van der Waals surface area contributed by atoms with E-state index in [0.29, 0.717) is 10.9 Å². The van der Waals surface area contributed by atoms with Gasteiger partial charge in [0, 0.05) is 24.5 Å². The lowest BCUT2D eigenvalue weighted by Crippen LogP contribution is -2.25. The maximum atomic E-state index is 13.5. The summed E-state index contributed by atoms with van der Waals surface area (Å²) in [4.78, 5) is 10.4. The van der Waals surface area contributed by atoms with Crippen LogP contribution in [0.3, 0.4) is 0 Å². The van der Waals surface area contributed by atoms with E-state index in [2.05, 4.69) is 5.32 Å². The van der Waals surface area contributed by atoms with Gasteiger partial charge in [-0.3, -0.25) is 0 Å². The molecule has 0 saturated heterocycles. The summed E-state index contributed by atoms with van der Waals surface area (Å²) in [6.45, 7) is 1.65. The molecular formula is C13H11F2N3O2. The van der Waals surface area contributed by atoms with Crippen LogP contribution in [0.2, 0.25) is 0 Å².